The van der Waals surface area contributed by atoms with Gasteiger partial charge in [-0.2, -0.15) is 8.42 Å². The zero-order valence-corrected chi connectivity index (χ0v) is 14.4. The highest BCUT2D eigenvalue weighted by Gasteiger charge is 2.16. The predicted octanol–water partition coefficient (Wildman–Crippen LogP) is 3.31. The van der Waals surface area contributed by atoms with Gasteiger partial charge in [0.05, 0.1) is 18.1 Å². The van der Waals surface area contributed by atoms with Crippen molar-refractivity contribution in [3.05, 3.63) is 23.8 Å². The average Bonchev–Trinajstić information content (AvgIpc) is 2.49. The molecule has 22 heavy (non-hydrogen) atoms. The Morgan fingerprint density at radius 2 is 1.82 bits per heavy atom. The molecular weight excluding hydrogens is 304 g/mol. The number of rotatable bonds is 11. The van der Waals surface area contributed by atoms with Crippen LogP contribution in [0.3, 0.4) is 0 Å². The SMILES string of the molecule is CCCCCOS(=O)(=O)c1ccc(C)c(OCCOCC)c1. The third kappa shape index (κ3) is 6.34. The zero-order valence-electron chi connectivity index (χ0n) is 13.6. The Hall–Kier alpha value is -1.11. The molecule has 1 aromatic carbocycles. The molecule has 5 nitrogen and oxygen atoms in total. The van der Waals surface area contributed by atoms with Crippen molar-refractivity contribution >= 4 is 10.1 Å². The van der Waals surface area contributed by atoms with Gasteiger partial charge in [0.15, 0.2) is 0 Å². The van der Waals surface area contributed by atoms with Gasteiger partial charge in [0.25, 0.3) is 10.1 Å². The molecule has 0 spiro atoms. The molecule has 126 valence electrons. The van der Waals surface area contributed by atoms with Crippen LogP contribution in [0, 0.1) is 6.92 Å². The Kier molecular flexibility index (Phi) is 8.45. The highest BCUT2D eigenvalue weighted by molar-refractivity contribution is 7.86. The van der Waals surface area contributed by atoms with Crippen molar-refractivity contribution in [2.24, 2.45) is 0 Å². The summed E-state index contributed by atoms with van der Waals surface area (Å²) in [5, 5.41) is 0. The Balaban J connectivity index is 2.69. The summed E-state index contributed by atoms with van der Waals surface area (Å²) in [6.45, 7) is 7.53. The molecule has 0 saturated heterocycles. The van der Waals surface area contributed by atoms with Gasteiger partial charge in [0.1, 0.15) is 12.4 Å². The van der Waals surface area contributed by atoms with E-state index in [0.29, 0.717) is 25.6 Å². The second-order valence-corrected chi connectivity index (χ2v) is 6.57. The number of ether oxygens (including phenoxy) is 2. The summed E-state index contributed by atoms with van der Waals surface area (Å²) in [6.07, 6.45) is 2.71. The van der Waals surface area contributed by atoms with Gasteiger partial charge in [-0.3, -0.25) is 4.18 Å². The molecule has 6 heteroatoms. The smallest absolute Gasteiger partial charge is 0.297 e. The largest absolute Gasteiger partial charge is 0.491 e. The minimum atomic E-state index is -3.73. The lowest BCUT2D eigenvalue weighted by molar-refractivity contribution is 0.110. The summed E-state index contributed by atoms with van der Waals surface area (Å²) in [6, 6.07) is 4.77. The van der Waals surface area contributed by atoms with Crippen LogP contribution in [0.2, 0.25) is 0 Å². The zero-order chi connectivity index (χ0) is 16.4. The summed E-state index contributed by atoms with van der Waals surface area (Å²) in [5.41, 5.74) is 0.876. The van der Waals surface area contributed by atoms with Crippen LogP contribution in [0.25, 0.3) is 0 Å². The Morgan fingerprint density at radius 1 is 1.05 bits per heavy atom. The van der Waals surface area contributed by atoms with Gasteiger partial charge in [-0.05, 0) is 31.9 Å². The Bertz CT molecular complexity index is 539. The molecule has 0 fully saturated rings. The van der Waals surface area contributed by atoms with Crippen molar-refractivity contribution in [2.45, 2.75) is 44.9 Å². The highest BCUT2D eigenvalue weighted by Crippen LogP contribution is 2.23. The number of aryl methyl sites for hydroxylation is 1. The van der Waals surface area contributed by atoms with Crippen LogP contribution in [0.1, 0.15) is 38.7 Å². The fourth-order valence-corrected chi connectivity index (χ4v) is 2.79. The third-order valence-electron chi connectivity index (χ3n) is 3.12. The first-order valence-corrected chi connectivity index (χ1v) is 9.12. The molecule has 0 saturated carbocycles. The highest BCUT2D eigenvalue weighted by atomic mass is 32.2. The van der Waals surface area contributed by atoms with Gasteiger partial charge in [0, 0.05) is 12.7 Å². The van der Waals surface area contributed by atoms with Crippen molar-refractivity contribution < 1.29 is 22.1 Å². The molecule has 0 radical (unpaired) electrons. The summed E-state index contributed by atoms with van der Waals surface area (Å²) in [7, 11) is -3.73. The first-order valence-electron chi connectivity index (χ1n) is 7.72. The molecule has 0 unspecified atom stereocenters. The van der Waals surface area contributed by atoms with E-state index in [1.807, 2.05) is 13.8 Å². The fourth-order valence-electron chi connectivity index (χ4n) is 1.84. The standard InChI is InChI=1S/C16H26O5S/c1-4-6-7-10-21-22(17,18)15-9-8-14(3)16(13-15)20-12-11-19-5-2/h8-9,13H,4-7,10-12H2,1-3H3. The summed E-state index contributed by atoms with van der Waals surface area (Å²) in [5.74, 6) is 0.540. The van der Waals surface area contributed by atoms with E-state index in [4.69, 9.17) is 13.7 Å². The number of unbranched alkanes of at least 4 members (excludes halogenated alkanes) is 2. The third-order valence-corrected chi connectivity index (χ3v) is 4.43. The molecule has 0 heterocycles. The molecular formula is C16H26O5S. The Morgan fingerprint density at radius 3 is 2.50 bits per heavy atom. The van der Waals surface area contributed by atoms with Gasteiger partial charge >= 0.3 is 0 Å². The minimum Gasteiger partial charge on any atom is -0.491 e. The lowest BCUT2D eigenvalue weighted by Crippen LogP contribution is -2.10. The molecule has 0 aliphatic rings. The average molecular weight is 330 g/mol. The second-order valence-electron chi connectivity index (χ2n) is 4.96. The van der Waals surface area contributed by atoms with Crippen molar-refractivity contribution in [3.8, 4) is 5.75 Å². The summed E-state index contributed by atoms with van der Waals surface area (Å²) >= 11 is 0. The number of benzene rings is 1. The fraction of sp³-hybridized carbons (Fsp3) is 0.625. The molecule has 0 N–H and O–H groups in total. The quantitative estimate of drug-likeness (QED) is 0.460. The van der Waals surface area contributed by atoms with Crippen LogP contribution in [0.4, 0.5) is 0 Å². The Labute approximate surface area is 133 Å². The van der Waals surface area contributed by atoms with Crippen LogP contribution >= 0.6 is 0 Å². The maximum atomic E-state index is 12.1. The van der Waals surface area contributed by atoms with Gasteiger partial charge in [-0.1, -0.05) is 25.8 Å². The molecule has 0 bridgehead atoms. The van der Waals surface area contributed by atoms with Crippen molar-refractivity contribution in [3.63, 3.8) is 0 Å². The predicted molar refractivity (Wildman–Crippen MR) is 85.8 cm³/mol. The van der Waals surface area contributed by atoms with Crippen LogP contribution in [-0.2, 0) is 19.0 Å². The summed E-state index contributed by atoms with van der Waals surface area (Å²) < 4.78 is 40.1. The van der Waals surface area contributed by atoms with E-state index in [1.54, 1.807) is 12.1 Å². The van der Waals surface area contributed by atoms with E-state index in [1.165, 1.54) is 6.07 Å². The summed E-state index contributed by atoms with van der Waals surface area (Å²) in [4.78, 5) is 0.126. The molecule has 1 aromatic rings. The van der Waals surface area contributed by atoms with E-state index >= 15 is 0 Å². The van der Waals surface area contributed by atoms with Gasteiger partial charge in [-0.15, -0.1) is 0 Å². The second kappa shape index (κ2) is 9.82. The first-order chi connectivity index (χ1) is 10.5. The van der Waals surface area contributed by atoms with Crippen molar-refractivity contribution in [1.82, 2.24) is 0 Å². The molecule has 0 aliphatic heterocycles. The maximum Gasteiger partial charge on any atom is 0.297 e. The molecule has 0 atom stereocenters. The van der Waals surface area contributed by atoms with Crippen LogP contribution in [0.15, 0.2) is 23.1 Å². The van der Waals surface area contributed by atoms with Gasteiger partial charge < -0.3 is 9.47 Å². The molecule has 0 aliphatic carbocycles. The van der Waals surface area contributed by atoms with Crippen LogP contribution < -0.4 is 4.74 Å². The van der Waals surface area contributed by atoms with Crippen molar-refractivity contribution in [1.29, 1.82) is 0 Å². The van der Waals surface area contributed by atoms with E-state index < -0.39 is 10.1 Å². The lowest BCUT2D eigenvalue weighted by atomic mass is 10.2. The van der Waals surface area contributed by atoms with Gasteiger partial charge in [-0.25, -0.2) is 0 Å². The number of hydrogen-bond donors (Lipinski definition) is 0. The van der Waals surface area contributed by atoms with Crippen LogP contribution in [0.5, 0.6) is 5.75 Å². The lowest BCUT2D eigenvalue weighted by Gasteiger charge is -2.11. The molecule has 0 aromatic heterocycles. The normalized spacial score (nSPS) is 11.6. The van der Waals surface area contributed by atoms with Crippen molar-refractivity contribution in [2.75, 3.05) is 26.4 Å². The minimum absolute atomic E-state index is 0.126. The molecule has 0 amide bonds. The van der Waals surface area contributed by atoms with E-state index in [9.17, 15) is 8.42 Å². The van der Waals surface area contributed by atoms with Gasteiger partial charge in [0.2, 0.25) is 0 Å². The number of hydrogen-bond acceptors (Lipinski definition) is 5. The monoisotopic (exact) mass is 330 g/mol. The first kappa shape index (κ1) is 18.9. The topological polar surface area (TPSA) is 61.8 Å². The molecule has 1 rings (SSSR count). The van der Waals surface area contributed by atoms with E-state index in [0.717, 1.165) is 24.8 Å². The van der Waals surface area contributed by atoms with E-state index in [2.05, 4.69) is 6.92 Å². The van der Waals surface area contributed by atoms with Crippen LogP contribution in [-0.4, -0.2) is 34.8 Å². The van der Waals surface area contributed by atoms with E-state index in [-0.39, 0.29) is 11.5 Å². The maximum absolute atomic E-state index is 12.1.